The Bertz CT molecular complexity index is 389. The smallest absolute Gasteiger partial charge is 0.229 e. The molecule has 0 aromatic heterocycles. The van der Waals surface area contributed by atoms with Gasteiger partial charge >= 0.3 is 0 Å². The van der Waals surface area contributed by atoms with E-state index < -0.39 is 0 Å². The van der Waals surface area contributed by atoms with Gasteiger partial charge in [0, 0.05) is 12.2 Å². The van der Waals surface area contributed by atoms with Crippen LogP contribution in [0.5, 0.6) is 0 Å². The SMILES string of the molecule is CC(c1ccccc1)N1C(=O)CCSC1=S. The van der Waals surface area contributed by atoms with E-state index in [1.165, 1.54) is 0 Å². The van der Waals surface area contributed by atoms with Crippen LogP contribution < -0.4 is 0 Å². The van der Waals surface area contributed by atoms with Crippen molar-refractivity contribution in [2.75, 3.05) is 5.75 Å². The molecule has 1 aromatic rings. The van der Waals surface area contributed by atoms with Gasteiger partial charge in [0.05, 0.1) is 6.04 Å². The van der Waals surface area contributed by atoms with Gasteiger partial charge in [0.2, 0.25) is 5.91 Å². The van der Waals surface area contributed by atoms with Gasteiger partial charge in [-0.3, -0.25) is 9.69 Å². The molecule has 1 unspecified atom stereocenters. The lowest BCUT2D eigenvalue weighted by atomic mass is 10.1. The molecule has 16 heavy (non-hydrogen) atoms. The highest BCUT2D eigenvalue weighted by Gasteiger charge is 2.28. The number of thioether (sulfide) groups is 1. The zero-order valence-electron chi connectivity index (χ0n) is 9.05. The minimum atomic E-state index is 0.0361. The average molecular weight is 251 g/mol. The molecule has 2 nitrogen and oxygen atoms in total. The summed E-state index contributed by atoms with van der Waals surface area (Å²) in [6.45, 7) is 2.02. The second-order valence-electron chi connectivity index (χ2n) is 3.71. The van der Waals surface area contributed by atoms with Crippen molar-refractivity contribution in [3.05, 3.63) is 35.9 Å². The monoisotopic (exact) mass is 251 g/mol. The van der Waals surface area contributed by atoms with Gasteiger partial charge < -0.3 is 0 Å². The highest BCUT2D eigenvalue weighted by atomic mass is 32.2. The van der Waals surface area contributed by atoms with Crippen LogP contribution in [0.2, 0.25) is 0 Å². The molecule has 2 rings (SSSR count). The third-order valence-electron chi connectivity index (χ3n) is 2.68. The Labute approximate surface area is 105 Å². The number of carbonyl (C=O) groups is 1. The Balaban J connectivity index is 2.23. The van der Waals surface area contributed by atoms with Crippen molar-refractivity contribution < 1.29 is 4.79 Å². The third-order valence-corrected chi connectivity index (χ3v) is 4.08. The van der Waals surface area contributed by atoms with E-state index in [9.17, 15) is 4.79 Å². The number of rotatable bonds is 2. The molecular weight excluding hydrogens is 238 g/mol. The molecule has 1 atom stereocenters. The summed E-state index contributed by atoms with van der Waals surface area (Å²) in [4.78, 5) is 13.6. The van der Waals surface area contributed by atoms with Gasteiger partial charge in [-0.2, -0.15) is 0 Å². The van der Waals surface area contributed by atoms with Crippen LogP contribution >= 0.6 is 24.0 Å². The fraction of sp³-hybridized carbons (Fsp3) is 0.333. The molecule has 1 aromatic carbocycles. The van der Waals surface area contributed by atoms with Crippen molar-refractivity contribution in [2.24, 2.45) is 0 Å². The van der Waals surface area contributed by atoms with Gasteiger partial charge in [-0.25, -0.2) is 0 Å². The van der Waals surface area contributed by atoms with Crippen molar-refractivity contribution in [2.45, 2.75) is 19.4 Å². The fourth-order valence-electron chi connectivity index (χ4n) is 1.77. The fourth-order valence-corrected chi connectivity index (χ4v) is 3.13. The maximum absolute atomic E-state index is 11.8. The molecule has 0 aliphatic carbocycles. The number of hydrogen-bond acceptors (Lipinski definition) is 3. The van der Waals surface area contributed by atoms with Crippen LogP contribution in [0.4, 0.5) is 0 Å². The summed E-state index contributed by atoms with van der Waals surface area (Å²) in [7, 11) is 0. The molecule has 1 saturated heterocycles. The minimum absolute atomic E-state index is 0.0361. The van der Waals surface area contributed by atoms with Gasteiger partial charge in [-0.1, -0.05) is 54.3 Å². The number of carbonyl (C=O) groups excluding carboxylic acids is 1. The second-order valence-corrected chi connectivity index (χ2v) is 5.44. The first kappa shape index (κ1) is 11.6. The first-order valence-corrected chi connectivity index (χ1v) is 6.63. The molecular formula is C12H13NOS2. The van der Waals surface area contributed by atoms with E-state index in [1.807, 2.05) is 37.3 Å². The highest BCUT2D eigenvalue weighted by molar-refractivity contribution is 8.23. The third kappa shape index (κ3) is 2.28. The predicted molar refractivity (Wildman–Crippen MR) is 71.4 cm³/mol. The maximum Gasteiger partial charge on any atom is 0.229 e. The molecule has 0 bridgehead atoms. The summed E-state index contributed by atoms with van der Waals surface area (Å²) < 4.78 is 0.701. The summed E-state index contributed by atoms with van der Waals surface area (Å²) in [5.74, 6) is 0.954. The van der Waals surface area contributed by atoms with Crippen LogP contribution in [-0.2, 0) is 4.79 Å². The Morgan fingerprint density at radius 3 is 2.69 bits per heavy atom. The Hall–Kier alpha value is -0.870. The van der Waals surface area contributed by atoms with Gasteiger partial charge in [-0.05, 0) is 12.5 Å². The Morgan fingerprint density at radius 2 is 2.06 bits per heavy atom. The van der Waals surface area contributed by atoms with E-state index in [0.29, 0.717) is 10.7 Å². The second kappa shape index (κ2) is 4.97. The molecule has 1 aliphatic rings. The number of thiocarbonyl (C=S) groups is 1. The van der Waals surface area contributed by atoms with E-state index in [1.54, 1.807) is 16.7 Å². The van der Waals surface area contributed by atoms with Gasteiger partial charge in [0.25, 0.3) is 0 Å². The molecule has 0 spiro atoms. The van der Waals surface area contributed by atoms with Crippen molar-refractivity contribution in [3.63, 3.8) is 0 Å². The van der Waals surface area contributed by atoms with Crippen LogP contribution in [-0.4, -0.2) is 20.9 Å². The first-order chi connectivity index (χ1) is 7.70. The van der Waals surface area contributed by atoms with E-state index >= 15 is 0 Å². The summed E-state index contributed by atoms with van der Waals surface area (Å²) in [5.41, 5.74) is 1.13. The lowest BCUT2D eigenvalue weighted by molar-refractivity contribution is -0.128. The van der Waals surface area contributed by atoms with Crippen LogP contribution in [0.15, 0.2) is 30.3 Å². The molecule has 1 heterocycles. The number of nitrogens with zero attached hydrogens (tertiary/aromatic N) is 1. The quantitative estimate of drug-likeness (QED) is 0.754. The summed E-state index contributed by atoms with van der Waals surface area (Å²) in [6, 6.07) is 10.0. The molecule has 1 fully saturated rings. The minimum Gasteiger partial charge on any atom is -0.290 e. The van der Waals surface area contributed by atoms with E-state index in [2.05, 4.69) is 0 Å². The van der Waals surface area contributed by atoms with Crippen LogP contribution in [0.3, 0.4) is 0 Å². The molecule has 1 amide bonds. The molecule has 0 N–H and O–H groups in total. The van der Waals surface area contributed by atoms with Crippen molar-refractivity contribution in [3.8, 4) is 0 Å². The van der Waals surface area contributed by atoms with Crippen LogP contribution in [0.25, 0.3) is 0 Å². The standard InChI is InChI=1S/C12H13NOS2/c1-9(10-5-3-2-4-6-10)13-11(14)7-8-16-12(13)15/h2-6,9H,7-8H2,1H3. The first-order valence-electron chi connectivity index (χ1n) is 5.24. The average Bonchev–Trinajstić information content (AvgIpc) is 2.30. The highest BCUT2D eigenvalue weighted by Crippen LogP contribution is 2.28. The lowest BCUT2D eigenvalue weighted by Gasteiger charge is -2.32. The van der Waals surface area contributed by atoms with Crippen molar-refractivity contribution in [1.29, 1.82) is 0 Å². The Morgan fingerprint density at radius 1 is 1.38 bits per heavy atom. The molecule has 0 saturated carbocycles. The summed E-state index contributed by atoms with van der Waals surface area (Å²) in [6.07, 6.45) is 0.585. The zero-order valence-corrected chi connectivity index (χ0v) is 10.7. The largest absolute Gasteiger partial charge is 0.290 e. The van der Waals surface area contributed by atoms with Crippen molar-refractivity contribution in [1.82, 2.24) is 4.90 Å². The van der Waals surface area contributed by atoms with Crippen LogP contribution in [0, 0.1) is 0 Å². The maximum atomic E-state index is 11.8. The summed E-state index contributed by atoms with van der Waals surface area (Å²) >= 11 is 6.84. The van der Waals surface area contributed by atoms with Crippen molar-refractivity contribution >= 4 is 34.2 Å². The van der Waals surface area contributed by atoms with Gasteiger partial charge in [-0.15, -0.1) is 0 Å². The normalized spacial score (nSPS) is 18.7. The molecule has 1 aliphatic heterocycles. The number of hydrogen-bond donors (Lipinski definition) is 0. The molecule has 0 radical (unpaired) electrons. The van der Waals surface area contributed by atoms with E-state index in [-0.39, 0.29) is 11.9 Å². The topological polar surface area (TPSA) is 20.3 Å². The zero-order chi connectivity index (χ0) is 11.5. The Kier molecular flexibility index (Phi) is 3.61. The summed E-state index contributed by atoms with van der Waals surface area (Å²) in [5, 5.41) is 0. The lowest BCUT2D eigenvalue weighted by Crippen LogP contribution is -2.39. The number of benzene rings is 1. The number of amides is 1. The van der Waals surface area contributed by atoms with Crippen LogP contribution in [0.1, 0.15) is 24.9 Å². The van der Waals surface area contributed by atoms with E-state index in [0.717, 1.165) is 11.3 Å². The van der Waals surface area contributed by atoms with Gasteiger partial charge in [0.1, 0.15) is 4.32 Å². The van der Waals surface area contributed by atoms with Gasteiger partial charge in [0.15, 0.2) is 0 Å². The predicted octanol–water partition coefficient (Wildman–Crippen LogP) is 3.00. The van der Waals surface area contributed by atoms with E-state index in [4.69, 9.17) is 12.2 Å². The molecule has 4 heteroatoms. The molecule has 84 valence electrons.